The highest BCUT2D eigenvalue weighted by atomic mass is 35.5. The Hall–Kier alpha value is -1.37. The molecule has 1 aromatic rings. The van der Waals surface area contributed by atoms with Gasteiger partial charge in [-0.1, -0.05) is 66.6 Å². The highest BCUT2D eigenvalue weighted by Crippen LogP contribution is 2.33. The minimum absolute atomic E-state index is 0.104. The molecule has 0 atom stereocenters. The van der Waals surface area contributed by atoms with Crippen molar-refractivity contribution in [1.82, 2.24) is 9.80 Å². The van der Waals surface area contributed by atoms with E-state index >= 15 is 0 Å². The molecule has 0 spiro atoms. The molecule has 3 rings (SSSR count). The molecule has 1 aromatic carbocycles. The van der Waals surface area contributed by atoms with E-state index in [4.69, 9.17) is 23.8 Å². The van der Waals surface area contributed by atoms with Crippen LogP contribution in [0, 0.1) is 0 Å². The molecule has 0 N–H and O–H groups in total. The zero-order valence-corrected chi connectivity index (χ0v) is 17.5. The van der Waals surface area contributed by atoms with E-state index in [2.05, 4.69) is 0 Å². The van der Waals surface area contributed by atoms with Gasteiger partial charge in [0.05, 0.1) is 4.91 Å². The molecule has 0 saturated carbocycles. The fourth-order valence-electron chi connectivity index (χ4n) is 3.29. The Morgan fingerprint density at radius 1 is 1.19 bits per heavy atom. The Bertz CT molecular complexity index is 758. The predicted octanol–water partition coefficient (Wildman–Crippen LogP) is 4.72. The second-order valence-corrected chi connectivity index (χ2v) is 8.84. The molecule has 2 heterocycles. The number of carbonyl (C=O) groups excluding carboxylic acids is 2. The van der Waals surface area contributed by atoms with Gasteiger partial charge in [0.1, 0.15) is 4.32 Å². The lowest BCUT2D eigenvalue weighted by Crippen LogP contribution is -2.33. The van der Waals surface area contributed by atoms with Gasteiger partial charge in [-0.2, -0.15) is 0 Å². The summed E-state index contributed by atoms with van der Waals surface area (Å²) in [4.78, 5) is 29.2. The zero-order valence-electron chi connectivity index (χ0n) is 15.2. The first-order valence-electron chi connectivity index (χ1n) is 9.34. The second kappa shape index (κ2) is 9.71. The van der Waals surface area contributed by atoms with Crippen molar-refractivity contribution in [3.05, 3.63) is 39.8 Å². The van der Waals surface area contributed by atoms with Gasteiger partial charge in [-0.15, -0.1) is 0 Å². The molecule has 0 bridgehead atoms. The number of hydrogen-bond donors (Lipinski definition) is 0. The van der Waals surface area contributed by atoms with Crippen LogP contribution < -0.4 is 0 Å². The van der Waals surface area contributed by atoms with Crippen LogP contribution in [-0.4, -0.2) is 45.6 Å². The molecule has 7 heteroatoms. The molecular formula is C20H23ClN2O2S2. The Morgan fingerprint density at radius 3 is 2.59 bits per heavy atom. The van der Waals surface area contributed by atoms with Gasteiger partial charge in [-0.05, 0) is 37.0 Å². The zero-order chi connectivity index (χ0) is 19.2. The first kappa shape index (κ1) is 20.4. The summed E-state index contributed by atoms with van der Waals surface area (Å²) < 4.78 is 0.542. The smallest absolute Gasteiger partial charge is 0.266 e. The van der Waals surface area contributed by atoms with Crippen LogP contribution in [0.15, 0.2) is 29.2 Å². The Balaban J connectivity index is 1.55. The third kappa shape index (κ3) is 5.33. The number of thioether (sulfide) groups is 1. The number of carbonyl (C=O) groups is 2. The summed E-state index contributed by atoms with van der Waals surface area (Å²) in [6.45, 7) is 2.20. The van der Waals surface area contributed by atoms with Crippen molar-refractivity contribution < 1.29 is 9.59 Å². The lowest BCUT2D eigenvalue weighted by atomic mass is 10.2. The Morgan fingerprint density at radius 2 is 1.89 bits per heavy atom. The van der Waals surface area contributed by atoms with Crippen LogP contribution >= 0.6 is 35.6 Å². The molecule has 4 nitrogen and oxygen atoms in total. The topological polar surface area (TPSA) is 40.6 Å². The van der Waals surface area contributed by atoms with Crippen LogP contribution in [0.1, 0.15) is 44.1 Å². The van der Waals surface area contributed by atoms with Crippen molar-refractivity contribution in [2.45, 2.75) is 38.5 Å². The van der Waals surface area contributed by atoms with E-state index in [9.17, 15) is 9.59 Å². The van der Waals surface area contributed by atoms with E-state index in [1.54, 1.807) is 17.0 Å². The lowest BCUT2D eigenvalue weighted by molar-refractivity contribution is -0.131. The number of benzene rings is 1. The van der Waals surface area contributed by atoms with Crippen molar-refractivity contribution in [1.29, 1.82) is 0 Å². The number of thiocarbonyl (C=S) groups is 1. The lowest BCUT2D eigenvalue weighted by Gasteiger charge is -2.21. The molecule has 2 saturated heterocycles. The molecule has 2 aliphatic rings. The van der Waals surface area contributed by atoms with Crippen molar-refractivity contribution in [3.8, 4) is 0 Å². The van der Waals surface area contributed by atoms with Gasteiger partial charge in [-0.3, -0.25) is 14.5 Å². The van der Waals surface area contributed by atoms with Crippen molar-refractivity contribution in [2.75, 3.05) is 19.6 Å². The SMILES string of the molecule is O=C(CCCN1C(=O)/C(=C/c2ccccc2Cl)SC1=S)N1CCCCCC1. The molecule has 2 amide bonds. The van der Waals surface area contributed by atoms with E-state index in [1.807, 2.05) is 23.1 Å². The van der Waals surface area contributed by atoms with Crippen molar-refractivity contribution in [2.24, 2.45) is 0 Å². The average molecular weight is 423 g/mol. The number of likely N-dealkylation sites (tertiary alicyclic amines) is 1. The van der Waals surface area contributed by atoms with Gasteiger partial charge in [0.2, 0.25) is 5.91 Å². The monoisotopic (exact) mass is 422 g/mol. The van der Waals surface area contributed by atoms with E-state index in [0.717, 1.165) is 31.5 Å². The van der Waals surface area contributed by atoms with Gasteiger partial charge in [-0.25, -0.2) is 0 Å². The predicted molar refractivity (Wildman–Crippen MR) is 116 cm³/mol. The molecule has 144 valence electrons. The summed E-state index contributed by atoms with van der Waals surface area (Å²) in [6.07, 6.45) is 7.46. The molecule has 0 unspecified atom stereocenters. The Labute approximate surface area is 174 Å². The van der Waals surface area contributed by atoms with E-state index in [-0.39, 0.29) is 11.8 Å². The normalized spacial score (nSPS) is 19.7. The van der Waals surface area contributed by atoms with Crippen molar-refractivity contribution >= 4 is 57.8 Å². The largest absolute Gasteiger partial charge is 0.343 e. The minimum atomic E-state index is -0.104. The average Bonchev–Trinajstić information content (AvgIpc) is 2.86. The molecule has 0 aromatic heterocycles. The van der Waals surface area contributed by atoms with E-state index < -0.39 is 0 Å². The number of rotatable bonds is 5. The maximum absolute atomic E-state index is 12.7. The molecular weight excluding hydrogens is 400 g/mol. The summed E-state index contributed by atoms with van der Waals surface area (Å²) >= 11 is 12.8. The van der Waals surface area contributed by atoms with Crippen LogP contribution in [0.4, 0.5) is 0 Å². The van der Waals surface area contributed by atoms with Crippen LogP contribution in [0.2, 0.25) is 5.02 Å². The van der Waals surface area contributed by atoms with E-state index in [1.165, 1.54) is 24.6 Å². The molecule has 0 aliphatic carbocycles. The fraction of sp³-hybridized carbons (Fsp3) is 0.450. The number of nitrogens with zero attached hydrogens (tertiary/aromatic N) is 2. The van der Waals surface area contributed by atoms with Gasteiger partial charge in [0, 0.05) is 31.1 Å². The highest BCUT2D eigenvalue weighted by molar-refractivity contribution is 8.26. The van der Waals surface area contributed by atoms with Crippen LogP contribution in [0.3, 0.4) is 0 Å². The second-order valence-electron chi connectivity index (χ2n) is 6.75. The van der Waals surface area contributed by atoms with Crippen molar-refractivity contribution in [3.63, 3.8) is 0 Å². The molecule has 2 fully saturated rings. The Kier molecular flexibility index (Phi) is 7.33. The standard InChI is InChI=1S/C20H23ClN2O2S2/c21-16-9-4-3-8-15(16)14-17-19(25)23(20(26)27-17)13-7-10-18(24)22-11-5-1-2-6-12-22/h3-4,8-9,14H,1-2,5-7,10-13H2/b17-14-. The summed E-state index contributed by atoms with van der Waals surface area (Å²) in [5.74, 6) is 0.0843. The quantitative estimate of drug-likeness (QED) is 0.508. The summed E-state index contributed by atoms with van der Waals surface area (Å²) in [7, 11) is 0. The maximum Gasteiger partial charge on any atom is 0.266 e. The molecule has 0 radical (unpaired) electrons. The first-order chi connectivity index (χ1) is 13.1. The van der Waals surface area contributed by atoms with Gasteiger partial charge in [0.25, 0.3) is 5.91 Å². The number of amides is 2. The summed E-state index contributed by atoms with van der Waals surface area (Å²) in [5.41, 5.74) is 0.802. The number of halogens is 1. The molecule has 27 heavy (non-hydrogen) atoms. The van der Waals surface area contributed by atoms with Crippen LogP contribution in [0.5, 0.6) is 0 Å². The van der Waals surface area contributed by atoms with E-state index in [0.29, 0.717) is 33.6 Å². The summed E-state index contributed by atoms with van der Waals surface area (Å²) in [6, 6.07) is 7.40. The molecule has 2 aliphatic heterocycles. The van der Waals surface area contributed by atoms with Crippen LogP contribution in [0.25, 0.3) is 6.08 Å². The minimum Gasteiger partial charge on any atom is -0.343 e. The van der Waals surface area contributed by atoms with Gasteiger partial charge in [0.15, 0.2) is 0 Å². The van der Waals surface area contributed by atoms with Gasteiger partial charge < -0.3 is 4.90 Å². The fourth-order valence-corrected chi connectivity index (χ4v) is 4.78. The summed E-state index contributed by atoms with van der Waals surface area (Å²) in [5, 5.41) is 0.603. The first-order valence-corrected chi connectivity index (χ1v) is 10.9. The maximum atomic E-state index is 12.7. The third-order valence-corrected chi connectivity index (χ3v) is 6.52. The third-order valence-electron chi connectivity index (χ3n) is 4.80. The number of hydrogen-bond acceptors (Lipinski definition) is 4. The highest BCUT2D eigenvalue weighted by Gasteiger charge is 2.31. The van der Waals surface area contributed by atoms with Crippen LogP contribution in [-0.2, 0) is 9.59 Å². The van der Waals surface area contributed by atoms with Gasteiger partial charge >= 0.3 is 0 Å².